The molecule has 1 amide bonds. The van der Waals surface area contributed by atoms with E-state index in [0.717, 1.165) is 13.1 Å². The Kier molecular flexibility index (Phi) is 7.18. The van der Waals surface area contributed by atoms with Crippen LogP contribution in [0.4, 0.5) is 0 Å². The molecular weight excluding hydrogens is 346 g/mol. The summed E-state index contributed by atoms with van der Waals surface area (Å²) in [6.07, 6.45) is 0. The number of methoxy groups -OCH3 is 1. The van der Waals surface area contributed by atoms with E-state index in [9.17, 15) is 13.2 Å². The van der Waals surface area contributed by atoms with Gasteiger partial charge in [-0.2, -0.15) is 0 Å². The summed E-state index contributed by atoms with van der Waals surface area (Å²) in [5, 5.41) is 0. The molecule has 140 valence electrons. The molecule has 1 saturated heterocycles. The van der Waals surface area contributed by atoms with Gasteiger partial charge in [0.2, 0.25) is 10.0 Å². The fraction of sp³-hybridized carbons (Fsp3) is 0.562. The Hall–Kier alpha value is -1.68. The number of sulfonamides is 1. The van der Waals surface area contributed by atoms with Gasteiger partial charge in [0.25, 0.3) is 5.91 Å². The van der Waals surface area contributed by atoms with Crippen LogP contribution >= 0.6 is 0 Å². The second-order valence-corrected chi connectivity index (χ2v) is 7.60. The Morgan fingerprint density at radius 3 is 2.40 bits per heavy atom. The van der Waals surface area contributed by atoms with Gasteiger partial charge >= 0.3 is 0 Å². The number of hydrogen-bond donors (Lipinski definition) is 1. The lowest BCUT2D eigenvalue weighted by Gasteiger charge is -2.32. The third kappa shape index (κ3) is 5.96. The van der Waals surface area contributed by atoms with Crippen LogP contribution in [0.2, 0.25) is 0 Å². The molecule has 1 aliphatic heterocycles. The topological polar surface area (TPSA) is 88.2 Å². The molecule has 0 atom stereocenters. The van der Waals surface area contributed by atoms with Gasteiger partial charge in [-0.15, -0.1) is 0 Å². The summed E-state index contributed by atoms with van der Waals surface area (Å²) >= 11 is 0. The van der Waals surface area contributed by atoms with Crippen LogP contribution in [0.1, 0.15) is 0 Å². The largest absolute Gasteiger partial charge is 0.484 e. The Morgan fingerprint density at radius 2 is 1.80 bits per heavy atom. The van der Waals surface area contributed by atoms with Gasteiger partial charge in [0.1, 0.15) is 5.75 Å². The Morgan fingerprint density at radius 1 is 1.16 bits per heavy atom. The van der Waals surface area contributed by atoms with E-state index in [1.807, 2.05) is 7.05 Å². The predicted molar refractivity (Wildman–Crippen MR) is 93.1 cm³/mol. The van der Waals surface area contributed by atoms with E-state index in [1.165, 1.54) is 19.2 Å². The summed E-state index contributed by atoms with van der Waals surface area (Å²) in [7, 11) is -0.0386. The van der Waals surface area contributed by atoms with E-state index in [2.05, 4.69) is 9.62 Å². The number of likely N-dealkylation sites (N-methyl/N-ethyl adjacent to an activating group) is 1. The van der Waals surface area contributed by atoms with Gasteiger partial charge in [0.05, 0.1) is 11.5 Å². The number of ether oxygens (including phenoxy) is 2. The quantitative estimate of drug-likeness (QED) is 0.635. The van der Waals surface area contributed by atoms with Gasteiger partial charge < -0.3 is 19.3 Å². The van der Waals surface area contributed by atoms with E-state index < -0.39 is 10.0 Å². The third-order valence-electron chi connectivity index (χ3n) is 3.95. The van der Waals surface area contributed by atoms with Gasteiger partial charge in [-0.3, -0.25) is 4.79 Å². The minimum atomic E-state index is -3.57. The standard InChI is InChI=1S/C16H25N3O5S/c1-18-8-10-19(11-9-18)16(20)13-24-14-3-5-15(6-4-14)25(21,22)17-7-12-23-2/h3-6,17H,7-13H2,1-2H3. The van der Waals surface area contributed by atoms with Crippen LogP contribution in [0.15, 0.2) is 29.2 Å². The van der Waals surface area contributed by atoms with Gasteiger partial charge in [-0.1, -0.05) is 0 Å². The number of nitrogens with one attached hydrogen (secondary N) is 1. The van der Waals surface area contributed by atoms with Gasteiger partial charge in [0, 0.05) is 39.8 Å². The highest BCUT2D eigenvalue weighted by Crippen LogP contribution is 2.16. The molecule has 1 N–H and O–H groups in total. The first-order valence-electron chi connectivity index (χ1n) is 8.10. The molecule has 2 rings (SSSR count). The lowest BCUT2D eigenvalue weighted by atomic mass is 10.3. The average Bonchev–Trinajstić information content (AvgIpc) is 2.61. The highest BCUT2D eigenvalue weighted by molar-refractivity contribution is 7.89. The van der Waals surface area contributed by atoms with Crippen LogP contribution in [0.5, 0.6) is 5.75 Å². The maximum atomic E-state index is 12.1. The second-order valence-electron chi connectivity index (χ2n) is 5.83. The number of piperazine rings is 1. The summed E-state index contributed by atoms with van der Waals surface area (Å²) in [4.78, 5) is 16.2. The van der Waals surface area contributed by atoms with Crippen LogP contribution in [0.25, 0.3) is 0 Å². The molecule has 1 aromatic carbocycles. The highest BCUT2D eigenvalue weighted by atomic mass is 32.2. The van der Waals surface area contributed by atoms with Crippen molar-refractivity contribution in [2.75, 3.05) is 60.1 Å². The molecule has 9 heteroatoms. The number of nitrogens with zero attached hydrogens (tertiary/aromatic N) is 2. The molecule has 1 aliphatic rings. The number of carbonyl (C=O) groups excluding carboxylic acids is 1. The van der Waals surface area contributed by atoms with Crippen molar-refractivity contribution in [3.63, 3.8) is 0 Å². The number of amides is 1. The predicted octanol–water partition coefficient (Wildman–Crippen LogP) is -0.236. The zero-order chi connectivity index (χ0) is 18.3. The van der Waals surface area contributed by atoms with Gasteiger partial charge in [-0.25, -0.2) is 13.1 Å². The van der Waals surface area contributed by atoms with E-state index in [1.54, 1.807) is 17.0 Å². The maximum absolute atomic E-state index is 12.1. The first-order valence-corrected chi connectivity index (χ1v) is 9.58. The lowest BCUT2D eigenvalue weighted by Crippen LogP contribution is -2.48. The SMILES string of the molecule is COCCNS(=O)(=O)c1ccc(OCC(=O)N2CCN(C)CC2)cc1. The third-order valence-corrected chi connectivity index (χ3v) is 5.43. The zero-order valence-corrected chi connectivity index (χ0v) is 15.4. The fourth-order valence-electron chi connectivity index (χ4n) is 2.37. The average molecular weight is 371 g/mol. The van der Waals surface area contributed by atoms with Crippen molar-refractivity contribution in [2.24, 2.45) is 0 Å². The number of rotatable bonds is 8. The molecule has 1 fully saturated rings. The van der Waals surface area contributed by atoms with Crippen molar-refractivity contribution >= 4 is 15.9 Å². The maximum Gasteiger partial charge on any atom is 0.260 e. The summed E-state index contributed by atoms with van der Waals surface area (Å²) in [5.74, 6) is 0.393. The van der Waals surface area contributed by atoms with Crippen molar-refractivity contribution in [1.29, 1.82) is 0 Å². The number of carbonyl (C=O) groups is 1. The van der Waals surface area contributed by atoms with Gasteiger partial charge in [0.15, 0.2) is 6.61 Å². The lowest BCUT2D eigenvalue weighted by molar-refractivity contribution is -0.134. The smallest absolute Gasteiger partial charge is 0.260 e. The van der Waals surface area contributed by atoms with E-state index in [4.69, 9.17) is 9.47 Å². The molecule has 0 bridgehead atoms. The molecular formula is C16H25N3O5S. The Bertz CT molecular complexity index is 655. The normalized spacial score (nSPS) is 16.0. The molecule has 0 unspecified atom stereocenters. The summed E-state index contributed by atoms with van der Waals surface area (Å²) in [6, 6.07) is 5.99. The molecule has 0 spiro atoms. The second kappa shape index (κ2) is 9.14. The molecule has 0 radical (unpaired) electrons. The van der Waals surface area contributed by atoms with Gasteiger partial charge in [-0.05, 0) is 31.3 Å². The molecule has 8 nitrogen and oxygen atoms in total. The van der Waals surface area contributed by atoms with E-state index in [0.29, 0.717) is 25.4 Å². The highest BCUT2D eigenvalue weighted by Gasteiger charge is 2.19. The van der Waals surface area contributed by atoms with Crippen LogP contribution in [0, 0.1) is 0 Å². The van der Waals surface area contributed by atoms with Crippen molar-refractivity contribution in [2.45, 2.75) is 4.90 Å². The van der Waals surface area contributed by atoms with Crippen molar-refractivity contribution in [1.82, 2.24) is 14.5 Å². The Labute approximate surface area is 148 Å². The Balaban J connectivity index is 1.84. The summed E-state index contributed by atoms with van der Waals surface area (Å²) in [6.45, 7) is 3.56. The minimum absolute atomic E-state index is 0.0537. The molecule has 0 aromatic heterocycles. The van der Waals surface area contributed by atoms with E-state index >= 15 is 0 Å². The van der Waals surface area contributed by atoms with Crippen LogP contribution < -0.4 is 9.46 Å². The number of benzene rings is 1. The van der Waals surface area contributed by atoms with Crippen LogP contribution in [-0.2, 0) is 19.6 Å². The molecule has 0 aliphatic carbocycles. The first kappa shape index (κ1) is 19.6. The molecule has 1 aromatic rings. The summed E-state index contributed by atoms with van der Waals surface area (Å²) < 4.78 is 36.8. The monoisotopic (exact) mass is 371 g/mol. The summed E-state index contributed by atoms with van der Waals surface area (Å²) in [5.41, 5.74) is 0. The van der Waals surface area contributed by atoms with Crippen molar-refractivity contribution in [3.05, 3.63) is 24.3 Å². The van der Waals surface area contributed by atoms with Crippen molar-refractivity contribution in [3.8, 4) is 5.75 Å². The number of hydrogen-bond acceptors (Lipinski definition) is 6. The van der Waals surface area contributed by atoms with Crippen LogP contribution in [0.3, 0.4) is 0 Å². The van der Waals surface area contributed by atoms with E-state index in [-0.39, 0.29) is 24.0 Å². The molecule has 25 heavy (non-hydrogen) atoms. The molecule has 1 heterocycles. The first-order chi connectivity index (χ1) is 11.9. The fourth-order valence-corrected chi connectivity index (χ4v) is 3.38. The minimum Gasteiger partial charge on any atom is -0.484 e. The molecule has 0 saturated carbocycles. The zero-order valence-electron chi connectivity index (χ0n) is 14.6. The van der Waals surface area contributed by atoms with Crippen molar-refractivity contribution < 1.29 is 22.7 Å². The van der Waals surface area contributed by atoms with Crippen LogP contribution in [-0.4, -0.2) is 84.2 Å².